The van der Waals surface area contributed by atoms with Crippen molar-refractivity contribution in [3.8, 4) is 0 Å². The average Bonchev–Trinajstić information content (AvgIpc) is 2.64. The minimum Gasteiger partial charge on any atom is -0.463 e. The van der Waals surface area contributed by atoms with Crippen LogP contribution in [0, 0.1) is 0 Å². The lowest BCUT2D eigenvalue weighted by molar-refractivity contribution is -0.145. The second-order valence-corrected chi connectivity index (χ2v) is 12.7. The summed E-state index contributed by atoms with van der Waals surface area (Å²) in [5.41, 5.74) is 0. The van der Waals surface area contributed by atoms with Crippen molar-refractivity contribution in [2.75, 3.05) is 6.61 Å². The first kappa shape index (κ1) is 22.4. The molecule has 1 unspecified atom stereocenters. The molecular weight excluding hydrogens is 364 g/mol. The Morgan fingerprint density at radius 3 is 1.86 bits per heavy atom. The minimum atomic E-state index is -2.44. The van der Waals surface area contributed by atoms with Gasteiger partial charge in [-0.3, -0.25) is 4.79 Å². The molecule has 4 heteroatoms. The van der Waals surface area contributed by atoms with E-state index in [0.29, 0.717) is 6.61 Å². The molecule has 0 bridgehead atoms. The smallest absolute Gasteiger partial charge is 0.302 e. The Balaban J connectivity index is 2.19. The van der Waals surface area contributed by atoms with E-state index in [9.17, 15) is 4.79 Å². The molecule has 0 saturated heterocycles. The van der Waals surface area contributed by atoms with Gasteiger partial charge in [-0.15, -0.1) is 0 Å². The summed E-state index contributed by atoms with van der Waals surface area (Å²) in [4.78, 5) is 11.1. The fourth-order valence-corrected chi connectivity index (χ4v) is 8.47. The van der Waals surface area contributed by atoms with Crippen LogP contribution >= 0.6 is 0 Å². The highest BCUT2D eigenvalue weighted by Gasteiger charge is 2.49. The largest absolute Gasteiger partial charge is 0.463 e. The van der Waals surface area contributed by atoms with Gasteiger partial charge in [-0.25, -0.2) is 0 Å². The predicted octanol–water partition coefficient (Wildman–Crippen LogP) is 4.68. The highest BCUT2D eigenvalue weighted by molar-refractivity contribution is 6.99. The van der Waals surface area contributed by atoms with Gasteiger partial charge in [0.25, 0.3) is 8.32 Å². The van der Waals surface area contributed by atoms with Gasteiger partial charge in [0.1, 0.15) is 0 Å². The lowest BCUT2D eigenvalue weighted by atomic mass is 10.2. The van der Waals surface area contributed by atoms with Crippen LogP contribution in [0.2, 0.25) is 5.04 Å². The lowest BCUT2D eigenvalue weighted by Crippen LogP contribution is -2.66. The van der Waals surface area contributed by atoms with Gasteiger partial charge in [0, 0.05) is 13.5 Å². The molecule has 0 aromatic heterocycles. The van der Waals surface area contributed by atoms with E-state index in [4.69, 9.17) is 9.16 Å². The summed E-state index contributed by atoms with van der Waals surface area (Å²) in [6.45, 7) is 11.0. The number of benzene rings is 2. The third-order valence-corrected chi connectivity index (χ3v) is 10.1. The average molecular weight is 399 g/mol. The van der Waals surface area contributed by atoms with Crippen molar-refractivity contribution >= 4 is 24.7 Å². The van der Waals surface area contributed by atoms with Crippen molar-refractivity contribution in [1.82, 2.24) is 0 Å². The highest BCUT2D eigenvalue weighted by atomic mass is 28.4. The van der Waals surface area contributed by atoms with E-state index in [1.165, 1.54) is 17.3 Å². The van der Waals surface area contributed by atoms with Crippen molar-refractivity contribution < 1.29 is 14.0 Å². The summed E-state index contributed by atoms with van der Waals surface area (Å²) in [5, 5.41) is 2.62. The van der Waals surface area contributed by atoms with Crippen molar-refractivity contribution in [3.05, 3.63) is 60.7 Å². The van der Waals surface area contributed by atoms with Gasteiger partial charge in [0.2, 0.25) is 0 Å². The molecule has 2 aromatic rings. The molecule has 0 aliphatic heterocycles. The molecular formula is C24H34O3Si. The Kier molecular flexibility index (Phi) is 8.02. The molecule has 0 aliphatic rings. The number of rotatable bonds is 9. The number of unbranched alkanes of at least 4 members (excludes halogenated alkanes) is 1. The molecule has 0 fully saturated rings. The summed E-state index contributed by atoms with van der Waals surface area (Å²) < 4.78 is 12.1. The molecule has 0 heterocycles. The van der Waals surface area contributed by atoms with Crippen LogP contribution in [0.15, 0.2) is 60.7 Å². The number of hydrogen-bond acceptors (Lipinski definition) is 3. The van der Waals surface area contributed by atoms with Crippen LogP contribution in [0.25, 0.3) is 0 Å². The van der Waals surface area contributed by atoms with Crippen LogP contribution in [0.4, 0.5) is 0 Å². The normalized spacial score (nSPS) is 13.2. The van der Waals surface area contributed by atoms with Crippen LogP contribution in [0.5, 0.6) is 0 Å². The van der Waals surface area contributed by atoms with E-state index in [1.807, 2.05) is 6.92 Å². The standard InChI is InChI=1S/C24H34O3Si/c1-20(27-21(2)25)14-12-13-19-26-28(24(3,4)5,22-15-8-6-9-16-22)23-17-10-7-11-18-23/h6-11,15-18,20H,12-14,19H2,1-5H3. The van der Waals surface area contributed by atoms with E-state index in [1.54, 1.807) is 0 Å². The third kappa shape index (κ3) is 5.55. The van der Waals surface area contributed by atoms with Crippen LogP contribution in [-0.2, 0) is 14.0 Å². The fourth-order valence-electron chi connectivity index (χ4n) is 3.86. The monoisotopic (exact) mass is 398 g/mol. The van der Waals surface area contributed by atoms with E-state index in [-0.39, 0.29) is 17.1 Å². The first-order chi connectivity index (χ1) is 13.3. The number of hydrogen-bond donors (Lipinski definition) is 0. The summed E-state index contributed by atoms with van der Waals surface area (Å²) in [5.74, 6) is -0.212. The number of carbonyl (C=O) groups excluding carboxylic acids is 1. The molecule has 2 aromatic carbocycles. The SMILES string of the molecule is CC(=O)OC(C)CCCCO[Si](c1ccccc1)(c1ccccc1)C(C)(C)C. The van der Waals surface area contributed by atoms with Gasteiger partial charge >= 0.3 is 5.97 Å². The zero-order valence-corrected chi connectivity index (χ0v) is 18.9. The Labute approximate surface area is 171 Å². The summed E-state index contributed by atoms with van der Waals surface area (Å²) in [6, 6.07) is 21.4. The van der Waals surface area contributed by atoms with Gasteiger partial charge in [0.15, 0.2) is 0 Å². The predicted molar refractivity (Wildman–Crippen MR) is 119 cm³/mol. The number of carbonyl (C=O) groups is 1. The van der Waals surface area contributed by atoms with E-state index in [2.05, 4.69) is 81.4 Å². The quantitative estimate of drug-likeness (QED) is 0.349. The van der Waals surface area contributed by atoms with Crippen LogP contribution in [0.1, 0.15) is 53.9 Å². The molecule has 152 valence electrons. The Hall–Kier alpha value is -1.91. The highest BCUT2D eigenvalue weighted by Crippen LogP contribution is 2.36. The number of esters is 1. The van der Waals surface area contributed by atoms with Crippen molar-refractivity contribution in [2.24, 2.45) is 0 Å². The first-order valence-electron chi connectivity index (χ1n) is 10.2. The molecule has 1 atom stereocenters. The Morgan fingerprint density at radius 1 is 0.929 bits per heavy atom. The summed E-state index contributed by atoms with van der Waals surface area (Å²) >= 11 is 0. The van der Waals surface area contributed by atoms with Gasteiger partial charge in [-0.05, 0) is 41.6 Å². The van der Waals surface area contributed by atoms with Gasteiger partial charge in [0.05, 0.1) is 6.10 Å². The van der Waals surface area contributed by atoms with Gasteiger partial charge < -0.3 is 9.16 Å². The second-order valence-electron chi connectivity index (χ2n) is 8.43. The molecule has 0 aliphatic carbocycles. The zero-order valence-electron chi connectivity index (χ0n) is 17.9. The molecule has 0 spiro atoms. The topological polar surface area (TPSA) is 35.5 Å². The first-order valence-corrected chi connectivity index (χ1v) is 12.1. The Morgan fingerprint density at radius 2 is 1.43 bits per heavy atom. The maximum absolute atomic E-state index is 11.1. The second kappa shape index (κ2) is 10.0. The van der Waals surface area contributed by atoms with E-state index < -0.39 is 8.32 Å². The number of ether oxygens (including phenoxy) is 1. The van der Waals surface area contributed by atoms with Crippen molar-refractivity contribution in [2.45, 2.75) is 65.0 Å². The van der Waals surface area contributed by atoms with Crippen LogP contribution in [-0.4, -0.2) is 27.0 Å². The third-order valence-electron chi connectivity index (χ3n) is 5.11. The fraction of sp³-hybridized carbons (Fsp3) is 0.458. The van der Waals surface area contributed by atoms with Gasteiger partial charge in [-0.2, -0.15) is 0 Å². The maximum atomic E-state index is 11.1. The molecule has 0 N–H and O–H groups in total. The summed E-state index contributed by atoms with van der Waals surface area (Å²) in [6.07, 6.45) is 2.76. The van der Waals surface area contributed by atoms with E-state index in [0.717, 1.165) is 19.3 Å². The minimum absolute atomic E-state index is 0.000733. The molecule has 2 rings (SSSR count). The maximum Gasteiger partial charge on any atom is 0.302 e. The summed E-state index contributed by atoms with van der Waals surface area (Å²) in [7, 11) is -2.44. The molecule has 0 saturated carbocycles. The molecule has 0 amide bonds. The van der Waals surface area contributed by atoms with Crippen LogP contribution in [0.3, 0.4) is 0 Å². The van der Waals surface area contributed by atoms with E-state index >= 15 is 0 Å². The zero-order chi connectivity index (χ0) is 20.6. The van der Waals surface area contributed by atoms with Gasteiger partial charge in [-0.1, -0.05) is 81.4 Å². The van der Waals surface area contributed by atoms with Crippen molar-refractivity contribution in [1.29, 1.82) is 0 Å². The molecule has 3 nitrogen and oxygen atoms in total. The Bertz CT molecular complexity index is 683. The van der Waals surface area contributed by atoms with Crippen molar-refractivity contribution in [3.63, 3.8) is 0 Å². The molecule has 0 radical (unpaired) electrons. The lowest BCUT2D eigenvalue weighted by Gasteiger charge is -2.43. The molecule has 28 heavy (non-hydrogen) atoms. The van der Waals surface area contributed by atoms with Crippen LogP contribution < -0.4 is 10.4 Å².